The Morgan fingerprint density at radius 2 is 1.81 bits per heavy atom. The van der Waals surface area contributed by atoms with Gasteiger partial charge in [-0.25, -0.2) is 14.6 Å². The summed E-state index contributed by atoms with van der Waals surface area (Å²) in [7, 11) is 2.77. The van der Waals surface area contributed by atoms with E-state index in [4.69, 9.17) is 14.2 Å². The molecular weight excluding hydrogens is 398 g/mol. The summed E-state index contributed by atoms with van der Waals surface area (Å²) in [5.74, 6) is 0.00500. The van der Waals surface area contributed by atoms with Gasteiger partial charge in [-0.05, 0) is 46.7 Å². The average Bonchev–Trinajstić information content (AvgIpc) is 3.17. The van der Waals surface area contributed by atoms with Crippen molar-refractivity contribution in [3.05, 3.63) is 77.5 Å². The highest BCUT2D eigenvalue weighted by Crippen LogP contribution is 2.30. The highest BCUT2D eigenvalue weighted by Gasteiger charge is 2.24. The van der Waals surface area contributed by atoms with E-state index in [1.165, 1.54) is 14.2 Å². The number of carbonyl (C=O) groups excluding carboxylic acids is 2. The van der Waals surface area contributed by atoms with E-state index < -0.39 is 11.9 Å². The summed E-state index contributed by atoms with van der Waals surface area (Å²) in [6, 6.07) is 18.7. The van der Waals surface area contributed by atoms with Gasteiger partial charge in [0, 0.05) is 5.56 Å². The number of esters is 2. The molecule has 3 aromatic carbocycles. The van der Waals surface area contributed by atoms with E-state index in [0.717, 1.165) is 16.3 Å². The molecule has 0 radical (unpaired) electrons. The third-order valence-electron chi connectivity index (χ3n) is 4.68. The lowest BCUT2D eigenvalue weighted by atomic mass is 10.1. The summed E-state index contributed by atoms with van der Waals surface area (Å²) >= 11 is 0. The molecule has 0 saturated carbocycles. The molecule has 0 unspecified atom stereocenters. The number of ether oxygens (including phenoxy) is 4. The van der Waals surface area contributed by atoms with Crippen LogP contribution in [-0.2, 0) is 19.1 Å². The largest absolute Gasteiger partial charge is 0.493 e. The maximum atomic E-state index is 12.3. The van der Waals surface area contributed by atoms with Gasteiger partial charge in [-0.1, -0.05) is 36.4 Å². The Kier molecular flexibility index (Phi) is 5.66. The maximum Gasteiger partial charge on any atom is 0.363 e. The molecule has 7 heteroatoms. The number of benzene rings is 3. The van der Waals surface area contributed by atoms with Gasteiger partial charge in [0.15, 0.2) is 23.8 Å². The molecule has 0 bridgehead atoms. The molecule has 31 heavy (non-hydrogen) atoms. The molecule has 0 aromatic heterocycles. The predicted octanol–water partition coefficient (Wildman–Crippen LogP) is 3.74. The second kappa shape index (κ2) is 8.71. The average molecular weight is 417 g/mol. The van der Waals surface area contributed by atoms with Crippen LogP contribution in [0.5, 0.6) is 11.5 Å². The van der Waals surface area contributed by atoms with Crippen LogP contribution >= 0.6 is 0 Å². The molecular formula is C24H19NO6. The first kappa shape index (κ1) is 20.2. The van der Waals surface area contributed by atoms with Crippen LogP contribution in [0.15, 0.2) is 71.4 Å². The van der Waals surface area contributed by atoms with Crippen molar-refractivity contribution in [3.8, 4) is 11.5 Å². The normalized spacial score (nSPS) is 14.3. The number of methoxy groups -OCH3 is 2. The second-order valence-electron chi connectivity index (χ2n) is 6.67. The molecule has 0 amide bonds. The van der Waals surface area contributed by atoms with Crippen LogP contribution in [0.1, 0.15) is 11.1 Å². The van der Waals surface area contributed by atoms with Gasteiger partial charge in [0.05, 0.1) is 14.2 Å². The smallest absolute Gasteiger partial charge is 0.363 e. The van der Waals surface area contributed by atoms with E-state index in [-0.39, 0.29) is 18.2 Å². The molecule has 4 rings (SSSR count). The lowest BCUT2D eigenvalue weighted by Gasteiger charge is -2.10. The number of hydrogen-bond acceptors (Lipinski definition) is 7. The monoisotopic (exact) mass is 417 g/mol. The van der Waals surface area contributed by atoms with Gasteiger partial charge in [-0.3, -0.25) is 0 Å². The number of fused-ring (bicyclic) bond motifs is 1. The molecule has 0 saturated heterocycles. The fraction of sp³-hybridized carbons (Fsp3) is 0.125. The molecule has 0 atom stereocenters. The summed E-state index contributed by atoms with van der Waals surface area (Å²) in [6.45, 7) is -0.237. The van der Waals surface area contributed by atoms with Crippen LogP contribution in [0.4, 0.5) is 0 Å². The van der Waals surface area contributed by atoms with Crippen LogP contribution in [-0.4, -0.2) is 38.7 Å². The Balaban J connectivity index is 1.59. The highest BCUT2D eigenvalue weighted by atomic mass is 16.6. The van der Waals surface area contributed by atoms with Gasteiger partial charge in [-0.2, -0.15) is 0 Å². The minimum absolute atomic E-state index is 0.174. The Morgan fingerprint density at radius 1 is 1.00 bits per heavy atom. The summed E-state index contributed by atoms with van der Waals surface area (Å²) in [5, 5.41) is 2.12. The van der Waals surface area contributed by atoms with Gasteiger partial charge in [0.1, 0.15) is 0 Å². The van der Waals surface area contributed by atoms with Crippen LogP contribution < -0.4 is 9.47 Å². The van der Waals surface area contributed by atoms with Crippen molar-refractivity contribution in [2.45, 2.75) is 0 Å². The van der Waals surface area contributed by atoms with Gasteiger partial charge >= 0.3 is 11.9 Å². The number of cyclic esters (lactones) is 1. The SMILES string of the molecule is COC(=O)COc1ccc(/C=C2\N=C(c3ccc4ccccc4c3)OC2=O)cc1OC. The van der Waals surface area contributed by atoms with Gasteiger partial charge in [0.2, 0.25) is 5.90 Å². The number of nitrogens with zero attached hydrogens (tertiary/aromatic N) is 1. The van der Waals surface area contributed by atoms with E-state index in [2.05, 4.69) is 9.73 Å². The van der Waals surface area contributed by atoms with Crippen molar-refractivity contribution in [1.29, 1.82) is 0 Å². The first-order valence-electron chi connectivity index (χ1n) is 9.47. The third-order valence-corrected chi connectivity index (χ3v) is 4.68. The lowest BCUT2D eigenvalue weighted by Crippen LogP contribution is -2.12. The van der Waals surface area contributed by atoms with Gasteiger partial charge < -0.3 is 18.9 Å². The van der Waals surface area contributed by atoms with Crippen LogP contribution in [0.25, 0.3) is 16.8 Å². The van der Waals surface area contributed by atoms with Crippen LogP contribution in [0, 0.1) is 0 Å². The Morgan fingerprint density at radius 3 is 2.58 bits per heavy atom. The molecule has 0 spiro atoms. The van der Waals surface area contributed by atoms with Crippen molar-refractivity contribution in [1.82, 2.24) is 0 Å². The van der Waals surface area contributed by atoms with E-state index in [1.807, 2.05) is 42.5 Å². The van der Waals surface area contributed by atoms with Gasteiger partial charge in [-0.15, -0.1) is 0 Å². The number of aliphatic imine (C=N–C) groups is 1. The molecule has 1 heterocycles. The van der Waals surface area contributed by atoms with Crippen molar-refractivity contribution >= 4 is 34.7 Å². The van der Waals surface area contributed by atoms with Crippen molar-refractivity contribution in [3.63, 3.8) is 0 Å². The quantitative estimate of drug-likeness (QED) is 0.449. The van der Waals surface area contributed by atoms with Crippen molar-refractivity contribution < 1.29 is 28.5 Å². The van der Waals surface area contributed by atoms with Crippen molar-refractivity contribution in [2.24, 2.45) is 4.99 Å². The lowest BCUT2D eigenvalue weighted by molar-refractivity contribution is -0.143. The van der Waals surface area contributed by atoms with E-state index >= 15 is 0 Å². The van der Waals surface area contributed by atoms with Gasteiger partial charge in [0.25, 0.3) is 0 Å². The highest BCUT2D eigenvalue weighted by molar-refractivity contribution is 6.13. The van der Waals surface area contributed by atoms with E-state index in [9.17, 15) is 9.59 Å². The molecule has 3 aromatic rings. The van der Waals surface area contributed by atoms with Crippen LogP contribution in [0.3, 0.4) is 0 Å². The fourth-order valence-corrected chi connectivity index (χ4v) is 3.10. The first-order valence-corrected chi connectivity index (χ1v) is 9.47. The maximum absolute atomic E-state index is 12.3. The zero-order chi connectivity index (χ0) is 21.8. The van der Waals surface area contributed by atoms with E-state index in [1.54, 1.807) is 24.3 Å². The summed E-state index contributed by atoms with van der Waals surface area (Å²) in [5.41, 5.74) is 1.56. The second-order valence-corrected chi connectivity index (χ2v) is 6.67. The number of hydrogen-bond donors (Lipinski definition) is 0. The molecule has 1 aliphatic heterocycles. The summed E-state index contributed by atoms with van der Waals surface area (Å²) in [4.78, 5) is 28.0. The molecule has 7 nitrogen and oxygen atoms in total. The summed E-state index contributed by atoms with van der Waals surface area (Å²) < 4.78 is 20.6. The number of rotatable bonds is 6. The standard InChI is InChI=1S/C24H19NO6/c1-28-21-12-15(7-10-20(21)30-14-22(26)29-2)11-19-24(27)31-23(25-19)18-9-8-16-5-3-4-6-17(16)13-18/h3-13H,14H2,1-2H3/b19-11-. The third kappa shape index (κ3) is 4.40. The molecule has 0 fully saturated rings. The number of carbonyl (C=O) groups is 2. The Labute approximate surface area is 178 Å². The van der Waals surface area contributed by atoms with E-state index in [0.29, 0.717) is 17.1 Å². The Hall–Kier alpha value is -4.13. The topological polar surface area (TPSA) is 83.4 Å². The Bertz CT molecular complexity index is 1230. The van der Waals surface area contributed by atoms with Crippen LogP contribution in [0.2, 0.25) is 0 Å². The van der Waals surface area contributed by atoms with Crippen molar-refractivity contribution in [2.75, 3.05) is 20.8 Å². The predicted molar refractivity (Wildman–Crippen MR) is 115 cm³/mol. The molecule has 0 aliphatic carbocycles. The zero-order valence-electron chi connectivity index (χ0n) is 17.0. The fourth-order valence-electron chi connectivity index (χ4n) is 3.10. The summed E-state index contributed by atoms with van der Waals surface area (Å²) in [6.07, 6.45) is 1.60. The molecule has 156 valence electrons. The molecule has 0 N–H and O–H groups in total. The first-order chi connectivity index (χ1) is 15.1. The minimum atomic E-state index is -0.534. The zero-order valence-corrected chi connectivity index (χ0v) is 17.0. The molecule has 1 aliphatic rings. The minimum Gasteiger partial charge on any atom is -0.493 e.